The first-order valence-electron chi connectivity index (χ1n) is 3.49. The van der Waals surface area contributed by atoms with Crippen LogP contribution in [0.3, 0.4) is 0 Å². The Balaban J connectivity index is 3.25. The van der Waals surface area contributed by atoms with Crippen LogP contribution in [0.15, 0.2) is 0 Å². The van der Waals surface area contributed by atoms with E-state index in [1.165, 1.54) is 11.3 Å². The Morgan fingerprint density at radius 3 is 2.58 bits per heavy atom. The minimum Gasteiger partial charge on any atom is -0.493 e. The molecule has 12 heavy (non-hydrogen) atoms. The summed E-state index contributed by atoms with van der Waals surface area (Å²) in [6.45, 7) is 1.88. The normalized spacial score (nSPS) is 9.17. The van der Waals surface area contributed by atoms with Crippen molar-refractivity contribution < 1.29 is 4.74 Å². The molecule has 64 valence electrons. The maximum atomic E-state index is 8.72. The second-order valence-corrected chi connectivity index (χ2v) is 3.30. The molecule has 0 spiro atoms. The molecule has 4 heteroatoms. The van der Waals surface area contributed by atoms with Crippen molar-refractivity contribution in [3.05, 3.63) is 10.4 Å². The molecule has 0 saturated heterocycles. The number of ether oxygens (including phenoxy) is 1. The van der Waals surface area contributed by atoms with Gasteiger partial charge in [0.15, 0.2) is 5.75 Å². The van der Waals surface area contributed by atoms with Crippen LogP contribution in [0.4, 0.5) is 5.00 Å². The third-order valence-corrected chi connectivity index (χ3v) is 2.82. The molecule has 0 fully saturated rings. The number of hydrogen-bond acceptors (Lipinski definition) is 4. The fourth-order valence-corrected chi connectivity index (χ4v) is 1.94. The summed E-state index contributed by atoms with van der Waals surface area (Å²) in [5, 5.41) is 12.6. The minimum atomic E-state index is 0.705. The van der Waals surface area contributed by atoms with Gasteiger partial charge in [0.1, 0.15) is 15.9 Å². The molecule has 0 unspecified atom stereocenters. The monoisotopic (exact) mass is 182 g/mol. The van der Waals surface area contributed by atoms with Crippen LogP contribution in [0.2, 0.25) is 0 Å². The first-order valence-corrected chi connectivity index (χ1v) is 4.31. The van der Waals surface area contributed by atoms with E-state index < -0.39 is 0 Å². The van der Waals surface area contributed by atoms with Crippen molar-refractivity contribution in [1.29, 1.82) is 5.26 Å². The molecule has 1 aromatic heterocycles. The van der Waals surface area contributed by atoms with E-state index in [0.717, 1.165) is 16.3 Å². The number of anilines is 1. The molecule has 3 nitrogen and oxygen atoms in total. The molecular formula is C8H10N2OS. The highest BCUT2D eigenvalue weighted by molar-refractivity contribution is 7.17. The standard InChI is InChI=1S/C8H10N2OS/c1-5-6(4-9)12-8(10-2)7(5)11-3/h10H,1-3H3. The summed E-state index contributed by atoms with van der Waals surface area (Å²) in [5.41, 5.74) is 0.911. The number of rotatable bonds is 2. The predicted octanol–water partition coefficient (Wildman–Crippen LogP) is 1.98. The van der Waals surface area contributed by atoms with E-state index in [9.17, 15) is 0 Å². The van der Waals surface area contributed by atoms with Crippen molar-refractivity contribution in [2.45, 2.75) is 6.92 Å². The van der Waals surface area contributed by atoms with Gasteiger partial charge in [0, 0.05) is 12.6 Å². The quantitative estimate of drug-likeness (QED) is 0.760. The van der Waals surface area contributed by atoms with Crippen molar-refractivity contribution in [2.75, 3.05) is 19.5 Å². The Morgan fingerprint density at radius 2 is 2.25 bits per heavy atom. The SMILES string of the molecule is CNc1sc(C#N)c(C)c1OC. The lowest BCUT2D eigenvalue weighted by Crippen LogP contribution is -1.89. The summed E-state index contributed by atoms with van der Waals surface area (Å²) < 4.78 is 5.15. The van der Waals surface area contributed by atoms with Crippen molar-refractivity contribution >= 4 is 16.3 Å². The predicted molar refractivity (Wildman–Crippen MR) is 49.9 cm³/mol. The first-order chi connectivity index (χ1) is 5.74. The molecule has 0 atom stereocenters. The maximum Gasteiger partial charge on any atom is 0.157 e. The van der Waals surface area contributed by atoms with E-state index in [1.807, 2.05) is 14.0 Å². The van der Waals surface area contributed by atoms with Gasteiger partial charge in [-0.1, -0.05) is 0 Å². The van der Waals surface area contributed by atoms with Gasteiger partial charge in [0.2, 0.25) is 0 Å². The molecule has 0 aliphatic rings. The molecule has 0 aliphatic carbocycles. The molecule has 1 rings (SSSR count). The smallest absolute Gasteiger partial charge is 0.157 e. The van der Waals surface area contributed by atoms with E-state index in [0.29, 0.717) is 4.88 Å². The number of nitrogens with one attached hydrogen (secondary N) is 1. The van der Waals surface area contributed by atoms with Gasteiger partial charge in [-0.2, -0.15) is 5.26 Å². The van der Waals surface area contributed by atoms with Crippen LogP contribution < -0.4 is 10.1 Å². The Bertz CT molecular complexity index is 325. The third kappa shape index (κ3) is 1.23. The number of thiophene rings is 1. The summed E-state index contributed by atoms with van der Waals surface area (Å²) in [6.07, 6.45) is 0. The van der Waals surface area contributed by atoms with Gasteiger partial charge in [-0.15, -0.1) is 11.3 Å². The van der Waals surface area contributed by atoms with Crippen LogP contribution in [0.1, 0.15) is 10.4 Å². The van der Waals surface area contributed by atoms with Crippen molar-refractivity contribution in [1.82, 2.24) is 0 Å². The highest BCUT2D eigenvalue weighted by atomic mass is 32.1. The zero-order valence-corrected chi connectivity index (χ0v) is 8.08. The molecule has 0 saturated carbocycles. The highest BCUT2D eigenvalue weighted by Gasteiger charge is 2.13. The second-order valence-electron chi connectivity index (χ2n) is 2.28. The van der Waals surface area contributed by atoms with E-state index in [-0.39, 0.29) is 0 Å². The molecule has 1 heterocycles. The fourth-order valence-electron chi connectivity index (χ4n) is 1.02. The van der Waals surface area contributed by atoms with E-state index in [2.05, 4.69) is 11.4 Å². The topological polar surface area (TPSA) is 45.0 Å². The summed E-state index contributed by atoms with van der Waals surface area (Å²) in [5.74, 6) is 0.777. The average molecular weight is 182 g/mol. The second kappa shape index (κ2) is 3.46. The van der Waals surface area contributed by atoms with Crippen LogP contribution in [-0.4, -0.2) is 14.2 Å². The first kappa shape index (κ1) is 8.88. The molecule has 1 N–H and O–H groups in total. The summed E-state index contributed by atoms with van der Waals surface area (Å²) in [6, 6.07) is 2.12. The lowest BCUT2D eigenvalue weighted by atomic mass is 10.3. The Morgan fingerprint density at radius 1 is 1.58 bits per heavy atom. The fraction of sp³-hybridized carbons (Fsp3) is 0.375. The summed E-state index contributed by atoms with van der Waals surface area (Å²) >= 11 is 1.41. The summed E-state index contributed by atoms with van der Waals surface area (Å²) in [7, 11) is 3.42. The van der Waals surface area contributed by atoms with Crippen molar-refractivity contribution in [3.8, 4) is 11.8 Å². The van der Waals surface area contributed by atoms with Crippen LogP contribution >= 0.6 is 11.3 Å². The highest BCUT2D eigenvalue weighted by Crippen LogP contribution is 2.38. The van der Waals surface area contributed by atoms with Crippen LogP contribution in [0.5, 0.6) is 5.75 Å². The van der Waals surface area contributed by atoms with Gasteiger partial charge in [-0.3, -0.25) is 0 Å². The van der Waals surface area contributed by atoms with Gasteiger partial charge in [0.25, 0.3) is 0 Å². The van der Waals surface area contributed by atoms with E-state index in [1.54, 1.807) is 7.11 Å². The molecular weight excluding hydrogens is 172 g/mol. The van der Waals surface area contributed by atoms with Gasteiger partial charge in [-0.25, -0.2) is 0 Å². The maximum absolute atomic E-state index is 8.72. The van der Waals surface area contributed by atoms with Crippen LogP contribution in [-0.2, 0) is 0 Å². The van der Waals surface area contributed by atoms with Gasteiger partial charge in [0.05, 0.1) is 7.11 Å². The molecule has 0 bridgehead atoms. The number of nitrogens with zero attached hydrogens (tertiary/aromatic N) is 1. The van der Waals surface area contributed by atoms with Gasteiger partial charge < -0.3 is 10.1 Å². The van der Waals surface area contributed by atoms with Crippen molar-refractivity contribution in [3.63, 3.8) is 0 Å². The Labute approximate surface area is 75.6 Å². The van der Waals surface area contributed by atoms with Gasteiger partial charge in [-0.05, 0) is 6.92 Å². The average Bonchev–Trinajstić information content (AvgIpc) is 2.41. The van der Waals surface area contributed by atoms with Crippen molar-refractivity contribution in [2.24, 2.45) is 0 Å². The van der Waals surface area contributed by atoms with Crippen LogP contribution in [0, 0.1) is 18.3 Å². The largest absolute Gasteiger partial charge is 0.493 e. The summed E-state index contributed by atoms with van der Waals surface area (Å²) in [4.78, 5) is 0.705. The molecule has 0 aliphatic heterocycles. The van der Waals surface area contributed by atoms with E-state index >= 15 is 0 Å². The number of nitriles is 1. The third-order valence-electron chi connectivity index (χ3n) is 1.62. The molecule has 0 amide bonds. The molecule has 0 radical (unpaired) electrons. The number of methoxy groups -OCH3 is 1. The Hall–Kier alpha value is -1.21. The van der Waals surface area contributed by atoms with Gasteiger partial charge >= 0.3 is 0 Å². The number of hydrogen-bond donors (Lipinski definition) is 1. The Kier molecular flexibility index (Phi) is 2.56. The molecule has 1 aromatic rings. The zero-order chi connectivity index (χ0) is 9.14. The van der Waals surface area contributed by atoms with E-state index in [4.69, 9.17) is 10.00 Å². The minimum absolute atomic E-state index is 0.705. The van der Waals surface area contributed by atoms with Crippen LogP contribution in [0.25, 0.3) is 0 Å². The lowest BCUT2D eigenvalue weighted by molar-refractivity contribution is 0.415. The lowest BCUT2D eigenvalue weighted by Gasteiger charge is -2.01. The molecule has 0 aromatic carbocycles. The zero-order valence-electron chi connectivity index (χ0n) is 7.26.